The van der Waals surface area contributed by atoms with Gasteiger partial charge in [-0.3, -0.25) is 0 Å². The molecule has 6 nitrogen and oxygen atoms in total. The molecule has 32 heavy (non-hydrogen) atoms. The Balaban J connectivity index is 1.64. The molecule has 1 unspecified atom stereocenters. The van der Waals surface area contributed by atoms with Crippen LogP contribution in [0.2, 0.25) is 0 Å². The highest BCUT2D eigenvalue weighted by Crippen LogP contribution is 2.49. The zero-order valence-corrected chi connectivity index (χ0v) is 18.2. The zero-order valence-electron chi connectivity index (χ0n) is 17.3. The van der Waals surface area contributed by atoms with Crippen molar-refractivity contribution in [3.05, 3.63) is 92.2 Å². The Morgan fingerprint density at radius 1 is 1.22 bits per heavy atom. The van der Waals surface area contributed by atoms with Crippen LogP contribution in [0.15, 0.2) is 60.0 Å². The van der Waals surface area contributed by atoms with Crippen LogP contribution in [0.4, 0.5) is 4.39 Å². The molecule has 2 N–H and O–H groups in total. The fourth-order valence-corrected chi connectivity index (χ4v) is 4.77. The number of esters is 1. The molecule has 1 aliphatic rings. The molecule has 162 valence electrons. The van der Waals surface area contributed by atoms with E-state index in [-0.39, 0.29) is 17.3 Å². The molecule has 0 spiro atoms. The van der Waals surface area contributed by atoms with E-state index in [1.54, 1.807) is 31.2 Å². The number of methoxy groups -OCH3 is 1. The van der Waals surface area contributed by atoms with E-state index in [1.165, 1.54) is 30.6 Å². The van der Waals surface area contributed by atoms with E-state index in [2.05, 4.69) is 6.07 Å². The molecule has 1 aliphatic heterocycles. The molecule has 4 rings (SSSR count). The number of allylic oxidation sites excluding steroid dienone is 1. The van der Waals surface area contributed by atoms with Crippen molar-refractivity contribution in [2.75, 3.05) is 7.11 Å². The summed E-state index contributed by atoms with van der Waals surface area (Å²) in [5.41, 5.74) is 8.28. The number of nitrogens with two attached hydrogens (primary N) is 1. The average Bonchev–Trinajstić information content (AvgIpc) is 3.12. The quantitative estimate of drug-likeness (QED) is 0.562. The maximum atomic E-state index is 13.0. The average molecular weight is 450 g/mol. The van der Waals surface area contributed by atoms with Crippen LogP contribution in [-0.2, 0) is 11.3 Å². The summed E-state index contributed by atoms with van der Waals surface area (Å²) in [6, 6.07) is 15.5. The van der Waals surface area contributed by atoms with Crippen LogP contribution in [0.3, 0.4) is 0 Å². The van der Waals surface area contributed by atoms with Crippen molar-refractivity contribution in [2.24, 2.45) is 5.73 Å². The fraction of sp³-hybridized carbons (Fsp3) is 0.167. The lowest BCUT2D eigenvalue weighted by atomic mass is 9.88. The smallest absolute Gasteiger partial charge is 0.342 e. The van der Waals surface area contributed by atoms with Crippen molar-refractivity contribution in [3.8, 4) is 17.6 Å². The van der Waals surface area contributed by atoms with Gasteiger partial charge in [0.1, 0.15) is 35.4 Å². The van der Waals surface area contributed by atoms with Crippen LogP contribution in [0, 0.1) is 24.1 Å². The number of aryl methyl sites for hydroxylation is 1. The van der Waals surface area contributed by atoms with Crippen molar-refractivity contribution < 1.29 is 23.4 Å². The third kappa shape index (κ3) is 3.90. The summed E-state index contributed by atoms with van der Waals surface area (Å²) in [5, 5.41) is 9.73. The molecule has 0 bridgehead atoms. The van der Waals surface area contributed by atoms with Gasteiger partial charge in [-0.05, 0) is 42.3 Å². The molecule has 1 atom stereocenters. The number of nitrogens with zero attached hydrogens (tertiary/aromatic N) is 1. The molecule has 3 aromatic rings. The number of halogens is 1. The van der Waals surface area contributed by atoms with Crippen LogP contribution >= 0.6 is 11.3 Å². The van der Waals surface area contributed by atoms with E-state index < -0.39 is 11.9 Å². The third-order valence-electron chi connectivity index (χ3n) is 5.14. The minimum absolute atomic E-state index is 0.0374. The first-order chi connectivity index (χ1) is 15.4. The molecular weight excluding hydrogens is 431 g/mol. The van der Waals surface area contributed by atoms with Crippen molar-refractivity contribution in [3.63, 3.8) is 0 Å². The summed E-state index contributed by atoms with van der Waals surface area (Å²) in [6.07, 6.45) is 0. The maximum Gasteiger partial charge on any atom is 0.342 e. The van der Waals surface area contributed by atoms with Crippen molar-refractivity contribution >= 4 is 17.3 Å². The predicted octanol–water partition coefficient (Wildman–Crippen LogP) is 4.78. The van der Waals surface area contributed by atoms with E-state index in [1.807, 2.05) is 12.1 Å². The van der Waals surface area contributed by atoms with Gasteiger partial charge < -0.3 is 19.9 Å². The standard InChI is InChI=1S/C24H19FN2O4S/c1-13-19(24(28)29-2)21-22(32-13)20(18(11-26)23(27)31-21)15-5-9-17(10-6-15)30-12-14-3-7-16(25)8-4-14/h3-10,20H,12,27H2,1-2H3. The Bertz CT molecular complexity index is 1240. The van der Waals surface area contributed by atoms with Gasteiger partial charge in [0.25, 0.3) is 0 Å². The van der Waals surface area contributed by atoms with E-state index in [9.17, 15) is 14.4 Å². The summed E-state index contributed by atoms with van der Waals surface area (Å²) in [4.78, 5) is 13.7. The number of benzene rings is 2. The molecule has 8 heteroatoms. The van der Waals surface area contributed by atoms with Crippen LogP contribution in [0.1, 0.15) is 37.2 Å². The van der Waals surface area contributed by atoms with Gasteiger partial charge in [-0.1, -0.05) is 24.3 Å². The lowest BCUT2D eigenvalue weighted by Gasteiger charge is -2.24. The first-order valence-corrected chi connectivity index (χ1v) is 10.5. The monoisotopic (exact) mass is 450 g/mol. The molecular formula is C24H19FN2O4S. The van der Waals surface area contributed by atoms with Gasteiger partial charge in [0.15, 0.2) is 5.75 Å². The fourth-order valence-electron chi connectivity index (χ4n) is 3.56. The lowest BCUT2D eigenvalue weighted by Crippen LogP contribution is -2.21. The maximum absolute atomic E-state index is 13.0. The topological polar surface area (TPSA) is 94.6 Å². The second-order valence-corrected chi connectivity index (χ2v) is 8.38. The highest BCUT2D eigenvalue weighted by molar-refractivity contribution is 7.12. The first-order valence-electron chi connectivity index (χ1n) is 9.69. The molecule has 2 heterocycles. The van der Waals surface area contributed by atoms with Gasteiger partial charge in [0.2, 0.25) is 5.88 Å². The molecule has 0 radical (unpaired) electrons. The Morgan fingerprint density at radius 3 is 2.53 bits per heavy atom. The van der Waals surface area contributed by atoms with Gasteiger partial charge in [-0.25, -0.2) is 9.18 Å². The minimum atomic E-state index is -0.517. The molecule has 1 aromatic heterocycles. The SMILES string of the molecule is COC(=O)c1c(C)sc2c1OC(N)=C(C#N)C2c1ccc(OCc2ccc(F)cc2)cc1. The van der Waals surface area contributed by atoms with Crippen molar-refractivity contribution in [1.82, 2.24) is 0 Å². The number of rotatable bonds is 5. The third-order valence-corrected chi connectivity index (χ3v) is 6.29. The van der Waals surface area contributed by atoms with E-state index in [4.69, 9.17) is 19.9 Å². The number of hydrogen-bond acceptors (Lipinski definition) is 7. The molecule has 2 aromatic carbocycles. The van der Waals surface area contributed by atoms with Gasteiger partial charge in [0.05, 0.1) is 17.9 Å². The lowest BCUT2D eigenvalue weighted by molar-refractivity contribution is 0.0597. The molecule has 0 saturated carbocycles. The van der Waals surface area contributed by atoms with Crippen molar-refractivity contribution in [2.45, 2.75) is 19.4 Å². The van der Waals surface area contributed by atoms with Gasteiger partial charge in [-0.2, -0.15) is 5.26 Å². The van der Waals surface area contributed by atoms with E-state index in [0.717, 1.165) is 16.0 Å². The normalized spacial score (nSPS) is 14.9. The number of carbonyl (C=O) groups is 1. The first kappa shape index (κ1) is 21.4. The summed E-state index contributed by atoms with van der Waals surface area (Å²) in [6.45, 7) is 2.09. The highest BCUT2D eigenvalue weighted by atomic mass is 32.1. The number of nitriles is 1. The molecule has 0 amide bonds. The van der Waals surface area contributed by atoms with Crippen LogP contribution in [-0.4, -0.2) is 13.1 Å². The molecule has 0 saturated heterocycles. The van der Waals surface area contributed by atoms with Crippen molar-refractivity contribution in [1.29, 1.82) is 5.26 Å². The second-order valence-electron chi connectivity index (χ2n) is 7.13. The Kier molecular flexibility index (Phi) is 5.84. The van der Waals surface area contributed by atoms with Gasteiger partial charge in [0, 0.05) is 4.88 Å². The molecule has 0 fully saturated rings. The summed E-state index contributed by atoms with van der Waals surface area (Å²) >= 11 is 1.37. The zero-order chi connectivity index (χ0) is 22.8. The summed E-state index contributed by atoms with van der Waals surface area (Å²) < 4.78 is 29.4. The summed E-state index contributed by atoms with van der Waals surface area (Å²) in [7, 11) is 1.30. The largest absolute Gasteiger partial charge is 0.489 e. The Hall–Kier alpha value is -3.83. The highest BCUT2D eigenvalue weighted by Gasteiger charge is 2.37. The number of fused-ring (bicyclic) bond motifs is 1. The van der Waals surface area contributed by atoms with Crippen LogP contribution in [0.25, 0.3) is 0 Å². The second kappa shape index (κ2) is 8.73. The predicted molar refractivity (Wildman–Crippen MR) is 117 cm³/mol. The van der Waals surface area contributed by atoms with E-state index in [0.29, 0.717) is 28.5 Å². The van der Waals surface area contributed by atoms with Gasteiger partial charge in [-0.15, -0.1) is 11.3 Å². The van der Waals surface area contributed by atoms with Crippen LogP contribution < -0.4 is 15.2 Å². The number of hydrogen-bond donors (Lipinski definition) is 1. The minimum Gasteiger partial charge on any atom is -0.489 e. The summed E-state index contributed by atoms with van der Waals surface area (Å²) in [5.74, 6) is -0.372. The number of thiophene rings is 1. The number of ether oxygens (including phenoxy) is 3. The van der Waals surface area contributed by atoms with Gasteiger partial charge >= 0.3 is 5.97 Å². The van der Waals surface area contributed by atoms with E-state index >= 15 is 0 Å². The van der Waals surface area contributed by atoms with Crippen LogP contribution in [0.5, 0.6) is 11.5 Å². The number of carbonyl (C=O) groups excluding carboxylic acids is 1. The Labute approximate surface area is 188 Å². The molecule has 0 aliphatic carbocycles. The Morgan fingerprint density at radius 2 is 1.91 bits per heavy atom.